The van der Waals surface area contributed by atoms with E-state index >= 15 is 0 Å². The Kier molecular flexibility index (Phi) is 3.24. The second kappa shape index (κ2) is 4.71. The van der Waals surface area contributed by atoms with E-state index in [9.17, 15) is 0 Å². The van der Waals surface area contributed by atoms with Crippen LogP contribution in [0.15, 0.2) is 17.5 Å². The Morgan fingerprint density at radius 1 is 1.29 bits per heavy atom. The van der Waals surface area contributed by atoms with Crippen LogP contribution in [-0.2, 0) is 10.2 Å². The minimum absolute atomic E-state index is 0.368. The number of hydrogen-bond acceptors (Lipinski definition) is 3. The summed E-state index contributed by atoms with van der Waals surface area (Å²) in [7, 11) is 2.09. The fourth-order valence-corrected chi connectivity index (χ4v) is 4.38. The van der Waals surface area contributed by atoms with Crippen LogP contribution in [0.5, 0.6) is 0 Å². The Hall–Kier alpha value is -0.380. The fraction of sp³-hybridized carbons (Fsp3) is 0.714. The molecule has 17 heavy (non-hydrogen) atoms. The van der Waals surface area contributed by atoms with Crippen LogP contribution in [0.25, 0.3) is 0 Å². The summed E-state index contributed by atoms with van der Waals surface area (Å²) < 4.78 is 5.56. The SMILES string of the molecule is CNC1CCC(C2(c3cccs3)COC2)CC1. The summed E-state index contributed by atoms with van der Waals surface area (Å²) in [6, 6.07) is 5.23. The molecule has 2 heterocycles. The number of thiophene rings is 1. The lowest BCUT2D eigenvalue weighted by atomic mass is 9.66. The molecule has 3 heteroatoms. The highest BCUT2D eigenvalue weighted by Crippen LogP contribution is 2.47. The van der Waals surface area contributed by atoms with Crippen molar-refractivity contribution >= 4 is 11.3 Å². The van der Waals surface area contributed by atoms with Gasteiger partial charge in [0.2, 0.25) is 0 Å². The minimum atomic E-state index is 0.368. The highest BCUT2D eigenvalue weighted by atomic mass is 32.1. The van der Waals surface area contributed by atoms with Crippen LogP contribution in [0.2, 0.25) is 0 Å². The Balaban J connectivity index is 1.74. The molecule has 0 spiro atoms. The van der Waals surface area contributed by atoms with Crippen LogP contribution >= 0.6 is 11.3 Å². The molecule has 0 aromatic carbocycles. The first-order valence-electron chi connectivity index (χ1n) is 6.64. The smallest absolute Gasteiger partial charge is 0.0596 e. The fourth-order valence-electron chi connectivity index (χ4n) is 3.40. The van der Waals surface area contributed by atoms with Crippen molar-refractivity contribution in [2.45, 2.75) is 37.1 Å². The van der Waals surface area contributed by atoms with Gasteiger partial charge in [-0.15, -0.1) is 11.3 Å². The molecular weight excluding hydrogens is 230 g/mol. The van der Waals surface area contributed by atoms with Crippen molar-refractivity contribution in [1.29, 1.82) is 0 Å². The summed E-state index contributed by atoms with van der Waals surface area (Å²) in [5.74, 6) is 0.833. The van der Waals surface area contributed by atoms with Gasteiger partial charge in [0.25, 0.3) is 0 Å². The Labute approximate surface area is 107 Å². The highest BCUT2D eigenvalue weighted by Gasteiger charge is 2.48. The Morgan fingerprint density at radius 3 is 2.53 bits per heavy atom. The Bertz CT molecular complexity index is 350. The van der Waals surface area contributed by atoms with Gasteiger partial charge >= 0.3 is 0 Å². The third-order valence-corrected chi connectivity index (χ3v) is 5.74. The van der Waals surface area contributed by atoms with E-state index in [-0.39, 0.29) is 0 Å². The van der Waals surface area contributed by atoms with Crippen LogP contribution in [0.3, 0.4) is 0 Å². The summed E-state index contributed by atoms with van der Waals surface area (Å²) in [6.45, 7) is 1.89. The molecule has 2 aliphatic rings. The van der Waals surface area contributed by atoms with Gasteiger partial charge in [-0.2, -0.15) is 0 Å². The van der Waals surface area contributed by atoms with E-state index in [1.807, 2.05) is 11.3 Å². The molecule has 2 nitrogen and oxygen atoms in total. The van der Waals surface area contributed by atoms with Gasteiger partial charge in [0.05, 0.1) is 18.6 Å². The quantitative estimate of drug-likeness (QED) is 0.892. The van der Waals surface area contributed by atoms with Crippen molar-refractivity contribution in [2.75, 3.05) is 20.3 Å². The zero-order valence-corrected chi connectivity index (χ0v) is 11.3. The van der Waals surface area contributed by atoms with Crippen LogP contribution in [0.4, 0.5) is 0 Å². The van der Waals surface area contributed by atoms with Gasteiger partial charge in [-0.05, 0) is 50.1 Å². The van der Waals surface area contributed by atoms with Crippen molar-refractivity contribution in [1.82, 2.24) is 5.32 Å². The van der Waals surface area contributed by atoms with Crippen LogP contribution in [0, 0.1) is 5.92 Å². The molecule has 0 radical (unpaired) electrons. The molecule has 0 unspecified atom stereocenters. The highest BCUT2D eigenvalue weighted by molar-refractivity contribution is 7.10. The first-order chi connectivity index (χ1) is 8.35. The van der Waals surface area contributed by atoms with Crippen molar-refractivity contribution in [3.05, 3.63) is 22.4 Å². The van der Waals surface area contributed by atoms with E-state index in [0.717, 1.165) is 25.2 Å². The van der Waals surface area contributed by atoms with E-state index in [1.165, 1.54) is 25.7 Å². The van der Waals surface area contributed by atoms with E-state index < -0.39 is 0 Å². The molecule has 1 saturated carbocycles. The van der Waals surface area contributed by atoms with Gasteiger partial charge in [0.1, 0.15) is 0 Å². The van der Waals surface area contributed by atoms with Gasteiger partial charge in [0.15, 0.2) is 0 Å². The molecule has 1 aromatic heterocycles. The summed E-state index contributed by atoms with van der Waals surface area (Å²) in [4.78, 5) is 1.55. The van der Waals surface area contributed by atoms with Gasteiger partial charge < -0.3 is 10.1 Å². The molecule has 0 bridgehead atoms. The van der Waals surface area contributed by atoms with Crippen molar-refractivity contribution in [3.8, 4) is 0 Å². The number of ether oxygens (including phenoxy) is 1. The van der Waals surface area contributed by atoms with E-state index in [0.29, 0.717) is 5.41 Å². The van der Waals surface area contributed by atoms with Crippen LogP contribution in [-0.4, -0.2) is 26.3 Å². The average Bonchev–Trinajstić information content (AvgIpc) is 2.83. The largest absolute Gasteiger partial charge is 0.379 e. The summed E-state index contributed by atoms with van der Waals surface area (Å²) in [5.41, 5.74) is 0.368. The zero-order chi connectivity index (χ0) is 11.7. The van der Waals surface area contributed by atoms with Gasteiger partial charge in [-0.3, -0.25) is 0 Å². The summed E-state index contributed by atoms with van der Waals surface area (Å²) in [5, 5.41) is 5.62. The maximum absolute atomic E-state index is 5.56. The number of nitrogens with one attached hydrogen (secondary N) is 1. The first kappa shape index (κ1) is 11.7. The minimum Gasteiger partial charge on any atom is -0.379 e. The average molecular weight is 251 g/mol. The molecule has 0 atom stereocenters. The normalized spacial score (nSPS) is 32.1. The molecular formula is C14H21NOS. The van der Waals surface area contributed by atoms with Crippen LogP contribution in [0.1, 0.15) is 30.6 Å². The summed E-state index contributed by atoms with van der Waals surface area (Å²) in [6.07, 6.45) is 5.36. The van der Waals surface area contributed by atoms with E-state index in [4.69, 9.17) is 4.74 Å². The van der Waals surface area contributed by atoms with Crippen LogP contribution < -0.4 is 5.32 Å². The molecule has 1 saturated heterocycles. The maximum Gasteiger partial charge on any atom is 0.0596 e. The Morgan fingerprint density at radius 2 is 2.06 bits per heavy atom. The molecule has 94 valence electrons. The summed E-state index contributed by atoms with van der Waals surface area (Å²) >= 11 is 1.91. The lowest BCUT2D eigenvalue weighted by Crippen LogP contribution is -2.53. The third-order valence-electron chi connectivity index (χ3n) is 4.65. The van der Waals surface area contributed by atoms with Crippen molar-refractivity contribution in [2.24, 2.45) is 5.92 Å². The second-order valence-corrected chi connectivity index (χ2v) is 6.41. The lowest BCUT2D eigenvalue weighted by Gasteiger charge is -2.49. The topological polar surface area (TPSA) is 21.3 Å². The zero-order valence-electron chi connectivity index (χ0n) is 10.4. The van der Waals surface area contributed by atoms with Gasteiger partial charge in [-0.1, -0.05) is 6.07 Å². The molecule has 0 amide bonds. The van der Waals surface area contributed by atoms with Gasteiger partial charge in [-0.25, -0.2) is 0 Å². The van der Waals surface area contributed by atoms with Crippen molar-refractivity contribution < 1.29 is 4.74 Å². The monoisotopic (exact) mass is 251 g/mol. The van der Waals surface area contributed by atoms with E-state index in [2.05, 4.69) is 29.9 Å². The molecule has 1 aliphatic carbocycles. The van der Waals surface area contributed by atoms with Crippen molar-refractivity contribution in [3.63, 3.8) is 0 Å². The molecule has 1 N–H and O–H groups in total. The maximum atomic E-state index is 5.56. The number of rotatable bonds is 3. The van der Waals surface area contributed by atoms with Gasteiger partial charge in [0, 0.05) is 10.9 Å². The standard InChI is InChI=1S/C14H21NOS/c1-15-12-6-4-11(5-7-12)14(9-16-10-14)13-3-2-8-17-13/h2-3,8,11-12,15H,4-7,9-10H2,1H3. The van der Waals surface area contributed by atoms with E-state index in [1.54, 1.807) is 4.88 Å². The lowest BCUT2D eigenvalue weighted by molar-refractivity contribution is -0.0969. The first-order valence-corrected chi connectivity index (χ1v) is 7.52. The molecule has 1 aromatic rings. The molecule has 3 rings (SSSR count). The second-order valence-electron chi connectivity index (χ2n) is 5.46. The predicted molar refractivity (Wildman–Crippen MR) is 71.6 cm³/mol. The number of hydrogen-bond donors (Lipinski definition) is 1. The molecule has 1 aliphatic heterocycles. The third kappa shape index (κ3) is 1.94. The predicted octanol–water partition coefficient (Wildman–Crippen LogP) is 2.79. The molecule has 2 fully saturated rings.